The van der Waals surface area contributed by atoms with Gasteiger partial charge in [0, 0.05) is 17.5 Å². The van der Waals surface area contributed by atoms with Gasteiger partial charge >= 0.3 is 5.97 Å². The number of carboxylic acid groups (broad SMARTS) is 1. The van der Waals surface area contributed by atoms with Crippen LogP contribution in [0.15, 0.2) is 48.5 Å². The van der Waals surface area contributed by atoms with Crippen molar-refractivity contribution in [3.05, 3.63) is 59.7 Å². The molecule has 0 aliphatic carbocycles. The zero-order chi connectivity index (χ0) is 18.8. The molecule has 0 aromatic heterocycles. The maximum atomic E-state index is 12.5. The van der Waals surface area contributed by atoms with Crippen molar-refractivity contribution in [1.82, 2.24) is 0 Å². The van der Waals surface area contributed by atoms with E-state index in [1.807, 2.05) is 0 Å². The number of carbonyl (C=O) groups excluding carboxylic acids is 1. The fourth-order valence-electron chi connectivity index (χ4n) is 2.27. The summed E-state index contributed by atoms with van der Waals surface area (Å²) in [6.45, 7) is 0.630. The van der Waals surface area contributed by atoms with Gasteiger partial charge in [-0.15, -0.1) is 6.42 Å². The molecular weight excluding hydrogens is 332 g/mol. The van der Waals surface area contributed by atoms with Crippen molar-refractivity contribution in [3.63, 3.8) is 0 Å². The minimum atomic E-state index is -0.802. The van der Waals surface area contributed by atoms with Crippen LogP contribution in [0.5, 0.6) is 11.5 Å². The number of benzene rings is 2. The molecule has 0 aliphatic rings. The molecule has 1 N–H and O–H groups in total. The van der Waals surface area contributed by atoms with Gasteiger partial charge in [0.1, 0.15) is 18.1 Å². The van der Waals surface area contributed by atoms with E-state index in [9.17, 15) is 9.59 Å². The highest BCUT2D eigenvalue weighted by Gasteiger charge is 2.09. The number of aliphatic carboxylic acids is 1. The Morgan fingerprint density at radius 3 is 1.92 bits per heavy atom. The third-order valence-electron chi connectivity index (χ3n) is 3.61. The minimum absolute atomic E-state index is 0.0958. The lowest BCUT2D eigenvalue weighted by Gasteiger charge is -2.07. The summed E-state index contributed by atoms with van der Waals surface area (Å²) in [5, 5.41) is 8.57. The molecule has 2 rings (SSSR count). The monoisotopic (exact) mass is 352 g/mol. The zero-order valence-electron chi connectivity index (χ0n) is 14.3. The Balaban J connectivity index is 1.88. The van der Waals surface area contributed by atoms with Gasteiger partial charge in [-0.25, -0.2) is 0 Å². The average molecular weight is 352 g/mol. The second kappa shape index (κ2) is 9.90. The van der Waals surface area contributed by atoms with Gasteiger partial charge in [0.25, 0.3) is 0 Å². The fourth-order valence-corrected chi connectivity index (χ4v) is 2.27. The SMILES string of the molecule is C#CCOc1ccc(C(=O)c2ccc(OCCCCC(=O)O)cc2)cc1. The van der Waals surface area contributed by atoms with E-state index in [-0.39, 0.29) is 18.8 Å². The summed E-state index contributed by atoms with van der Waals surface area (Å²) in [5.41, 5.74) is 1.11. The van der Waals surface area contributed by atoms with Crippen molar-refractivity contribution in [2.75, 3.05) is 13.2 Å². The van der Waals surface area contributed by atoms with Gasteiger partial charge in [0.2, 0.25) is 0 Å². The van der Waals surface area contributed by atoms with Gasteiger partial charge in [0.15, 0.2) is 5.78 Å². The highest BCUT2D eigenvalue weighted by Crippen LogP contribution is 2.18. The highest BCUT2D eigenvalue weighted by molar-refractivity contribution is 6.09. The van der Waals surface area contributed by atoms with Crippen LogP contribution in [0.25, 0.3) is 0 Å². The van der Waals surface area contributed by atoms with E-state index in [4.69, 9.17) is 21.0 Å². The first-order valence-electron chi connectivity index (χ1n) is 8.26. The first-order chi connectivity index (χ1) is 12.6. The van der Waals surface area contributed by atoms with Crippen LogP contribution < -0.4 is 9.47 Å². The topological polar surface area (TPSA) is 72.8 Å². The molecule has 0 radical (unpaired) electrons. The van der Waals surface area contributed by atoms with E-state index < -0.39 is 5.97 Å². The molecule has 5 heteroatoms. The van der Waals surface area contributed by atoms with Crippen LogP contribution in [0.4, 0.5) is 0 Å². The maximum Gasteiger partial charge on any atom is 0.303 e. The van der Waals surface area contributed by atoms with Gasteiger partial charge < -0.3 is 14.6 Å². The molecule has 0 bridgehead atoms. The number of hydrogen-bond acceptors (Lipinski definition) is 4. The Morgan fingerprint density at radius 2 is 1.42 bits per heavy atom. The van der Waals surface area contributed by atoms with E-state index in [0.29, 0.717) is 42.1 Å². The zero-order valence-corrected chi connectivity index (χ0v) is 14.3. The number of carboxylic acids is 1. The van der Waals surface area contributed by atoms with E-state index >= 15 is 0 Å². The molecule has 0 fully saturated rings. The van der Waals surface area contributed by atoms with Crippen molar-refractivity contribution in [1.29, 1.82) is 0 Å². The van der Waals surface area contributed by atoms with E-state index in [0.717, 1.165) is 0 Å². The highest BCUT2D eigenvalue weighted by atomic mass is 16.5. The summed E-state index contributed by atoms with van der Waals surface area (Å²) in [5.74, 6) is 2.75. The molecule has 0 aliphatic heterocycles. The summed E-state index contributed by atoms with van der Waals surface area (Å²) >= 11 is 0. The molecule has 0 saturated heterocycles. The normalized spacial score (nSPS) is 9.96. The fraction of sp³-hybridized carbons (Fsp3) is 0.238. The van der Waals surface area contributed by atoms with E-state index in [2.05, 4.69) is 5.92 Å². The molecule has 0 amide bonds. The van der Waals surface area contributed by atoms with Gasteiger partial charge in [0.05, 0.1) is 6.61 Å². The Labute approximate surface area is 152 Å². The predicted molar refractivity (Wildman–Crippen MR) is 97.6 cm³/mol. The second-order valence-electron chi connectivity index (χ2n) is 5.57. The summed E-state index contributed by atoms with van der Waals surface area (Å²) in [4.78, 5) is 22.9. The molecule has 134 valence electrons. The van der Waals surface area contributed by atoms with Gasteiger partial charge in [-0.3, -0.25) is 9.59 Å². The van der Waals surface area contributed by atoms with Crippen molar-refractivity contribution in [2.24, 2.45) is 0 Å². The van der Waals surface area contributed by atoms with Crippen LogP contribution >= 0.6 is 0 Å². The largest absolute Gasteiger partial charge is 0.494 e. The summed E-state index contributed by atoms with van der Waals surface area (Å²) in [7, 11) is 0. The van der Waals surface area contributed by atoms with Crippen molar-refractivity contribution in [2.45, 2.75) is 19.3 Å². The molecule has 0 spiro atoms. The van der Waals surface area contributed by atoms with Crippen LogP contribution in [-0.2, 0) is 4.79 Å². The molecule has 0 heterocycles. The number of ketones is 1. The molecular formula is C21H20O5. The summed E-state index contributed by atoms with van der Waals surface area (Å²) in [6.07, 6.45) is 6.52. The van der Waals surface area contributed by atoms with Gasteiger partial charge in [-0.2, -0.15) is 0 Å². The lowest BCUT2D eigenvalue weighted by molar-refractivity contribution is -0.137. The number of ether oxygens (including phenoxy) is 2. The van der Waals surface area contributed by atoms with Crippen LogP contribution in [0.3, 0.4) is 0 Å². The van der Waals surface area contributed by atoms with Crippen LogP contribution in [-0.4, -0.2) is 30.1 Å². The summed E-state index contributed by atoms with van der Waals surface area (Å²) in [6, 6.07) is 13.7. The van der Waals surface area contributed by atoms with Crippen LogP contribution in [0.2, 0.25) is 0 Å². The minimum Gasteiger partial charge on any atom is -0.494 e. The maximum absolute atomic E-state index is 12.5. The molecule has 0 saturated carbocycles. The van der Waals surface area contributed by atoms with Crippen LogP contribution in [0.1, 0.15) is 35.2 Å². The molecule has 0 unspecified atom stereocenters. The Bertz CT molecular complexity index is 770. The lowest BCUT2D eigenvalue weighted by Crippen LogP contribution is -2.03. The van der Waals surface area contributed by atoms with Gasteiger partial charge in [-0.05, 0) is 61.4 Å². The standard InChI is InChI=1S/C21H20O5/c1-2-14-25-18-10-6-16(7-11-18)21(24)17-8-12-19(13-9-17)26-15-4-3-5-20(22)23/h1,6-13H,3-5,14-15H2,(H,22,23). The van der Waals surface area contributed by atoms with Crippen molar-refractivity contribution < 1.29 is 24.2 Å². The number of carbonyl (C=O) groups is 2. The second-order valence-corrected chi connectivity index (χ2v) is 5.57. The molecule has 5 nitrogen and oxygen atoms in total. The van der Waals surface area contributed by atoms with Crippen molar-refractivity contribution >= 4 is 11.8 Å². The predicted octanol–water partition coefficient (Wildman–Crippen LogP) is 3.56. The first-order valence-corrected chi connectivity index (χ1v) is 8.26. The summed E-state index contributed by atoms with van der Waals surface area (Å²) < 4.78 is 10.8. The van der Waals surface area contributed by atoms with E-state index in [1.165, 1.54) is 0 Å². The Kier molecular flexibility index (Phi) is 7.26. The number of unbranched alkanes of at least 4 members (excludes halogenated alkanes) is 1. The molecule has 2 aromatic rings. The van der Waals surface area contributed by atoms with E-state index in [1.54, 1.807) is 48.5 Å². The van der Waals surface area contributed by atoms with Crippen LogP contribution in [0, 0.1) is 12.3 Å². The Hall–Kier alpha value is -3.26. The Morgan fingerprint density at radius 1 is 0.885 bits per heavy atom. The molecule has 26 heavy (non-hydrogen) atoms. The quantitative estimate of drug-likeness (QED) is 0.402. The molecule has 2 aromatic carbocycles. The number of hydrogen-bond donors (Lipinski definition) is 1. The lowest BCUT2D eigenvalue weighted by atomic mass is 10.0. The van der Waals surface area contributed by atoms with Gasteiger partial charge in [-0.1, -0.05) is 5.92 Å². The smallest absolute Gasteiger partial charge is 0.303 e. The third kappa shape index (κ3) is 5.99. The number of rotatable bonds is 10. The third-order valence-corrected chi connectivity index (χ3v) is 3.61. The average Bonchev–Trinajstić information content (AvgIpc) is 2.66. The number of terminal acetylenes is 1. The molecule has 0 atom stereocenters. The first kappa shape index (κ1) is 19.1. The van der Waals surface area contributed by atoms with Crippen molar-refractivity contribution in [3.8, 4) is 23.8 Å².